The van der Waals surface area contributed by atoms with Crippen molar-refractivity contribution in [2.75, 3.05) is 0 Å². The molecule has 0 bridgehead atoms. The Kier molecular flexibility index (Phi) is 5.46. The van der Waals surface area contributed by atoms with Crippen LogP contribution in [0.1, 0.15) is 48.3 Å². The van der Waals surface area contributed by atoms with E-state index in [1.54, 1.807) is 24.3 Å². The van der Waals surface area contributed by atoms with Gasteiger partial charge in [-0.3, -0.25) is 4.79 Å². The summed E-state index contributed by atoms with van der Waals surface area (Å²) in [4.78, 5) is 12.5. The van der Waals surface area contributed by atoms with Gasteiger partial charge in [-0.1, -0.05) is 38.1 Å². The molecule has 5 nitrogen and oxygen atoms in total. The normalized spacial score (nSPS) is 12.2. The summed E-state index contributed by atoms with van der Waals surface area (Å²) in [6, 6.07) is 15.5. The largest absolute Gasteiger partial charge is 0.423 e. The van der Waals surface area contributed by atoms with Crippen LogP contribution in [0.25, 0.3) is 11.5 Å². The van der Waals surface area contributed by atoms with Gasteiger partial charge in [-0.2, -0.15) is 0 Å². The molecule has 0 fully saturated rings. The monoisotopic (exact) mass is 349 g/mol. The first-order valence-electron chi connectivity index (χ1n) is 8.79. The first-order valence-corrected chi connectivity index (χ1v) is 8.79. The van der Waals surface area contributed by atoms with Crippen LogP contribution in [-0.2, 0) is 6.42 Å². The van der Waals surface area contributed by atoms with Crippen molar-refractivity contribution < 1.29 is 9.21 Å². The molecular formula is C21H23N3O2. The number of amides is 1. The fourth-order valence-corrected chi connectivity index (χ4v) is 2.84. The molecule has 2 aromatic carbocycles. The highest BCUT2D eigenvalue weighted by molar-refractivity contribution is 5.94. The Morgan fingerprint density at radius 3 is 2.31 bits per heavy atom. The third kappa shape index (κ3) is 4.36. The van der Waals surface area contributed by atoms with Crippen molar-refractivity contribution in [3.8, 4) is 11.5 Å². The second kappa shape index (κ2) is 7.95. The average Bonchev–Trinajstić information content (AvgIpc) is 3.16. The molecule has 3 rings (SSSR count). The van der Waals surface area contributed by atoms with E-state index in [0.29, 0.717) is 17.4 Å². The number of benzene rings is 2. The fourth-order valence-electron chi connectivity index (χ4n) is 2.84. The number of aromatic nitrogens is 2. The molecule has 0 radical (unpaired) electrons. The Bertz CT molecular complexity index is 838. The fraction of sp³-hybridized carbons (Fsp3) is 0.286. The molecule has 3 aromatic rings. The smallest absolute Gasteiger partial charge is 0.251 e. The van der Waals surface area contributed by atoms with Crippen LogP contribution in [0.5, 0.6) is 0 Å². The van der Waals surface area contributed by atoms with Crippen molar-refractivity contribution >= 4 is 5.91 Å². The minimum absolute atomic E-state index is 0.0637. The van der Waals surface area contributed by atoms with Gasteiger partial charge in [0, 0.05) is 11.1 Å². The first-order chi connectivity index (χ1) is 12.5. The van der Waals surface area contributed by atoms with Gasteiger partial charge in [-0.15, -0.1) is 10.2 Å². The van der Waals surface area contributed by atoms with E-state index in [-0.39, 0.29) is 11.9 Å². The van der Waals surface area contributed by atoms with Crippen molar-refractivity contribution in [1.82, 2.24) is 15.5 Å². The highest BCUT2D eigenvalue weighted by Crippen LogP contribution is 2.19. The van der Waals surface area contributed by atoms with E-state index < -0.39 is 0 Å². The minimum Gasteiger partial charge on any atom is -0.423 e. The van der Waals surface area contributed by atoms with Gasteiger partial charge in [0.05, 0.1) is 6.04 Å². The highest BCUT2D eigenvalue weighted by atomic mass is 16.4. The van der Waals surface area contributed by atoms with Crippen LogP contribution >= 0.6 is 0 Å². The molecule has 0 spiro atoms. The molecule has 1 atom stereocenters. The number of nitrogens with one attached hydrogen (secondary N) is 1. The summed E-state index contributed by atoms with van der Waals surface area (Å²) < 4.78 is 5.15. The predicted molar refractivity (Wildman–Crippen MR) is 101 cm³/mol. The Labute approximate surface area is 153 Å². The molecule has 1 heterocycles. The Morgan fingerprint density at radius 1 is 1.04 bits per heavy atom. The Morgan fingerprint density at radius 2 is 1.73 bits per heavy atom. The van der Waals surface area contributed by atoms with Crippen LogP contribution < -0.4 is 5.32 Å². The first kappa shape index (κ1) is 17.9. The van der Waals surface area contributed by atoms with Gasteiger partial charge in [-0.25, -0.2) is 0 Å². The van der Waals surface area contributed by atoms with Crippen molar-refractivity contribution in [2.45, 2.75) is 33.2 Å². The number of rotatable bonds is 6. The summed E-state index contributed by atoms with van der Waals surface area (Å²) in [5.41, 5.74) is 3.79. The maximum atomic E-state index is 12.5. The molecule has 1 amide bonds. The van der Waals surface area contributed by atoms with Crippen LogP contribution in [0.15, 0.2) is 59.3 Å². The third-order valence-corrected chi connectivity index (χ3v) is 4.23. The summed E-state index contributed by atoms with van der Waals surface area (Å²) in [5, 5.41) is 10.5. The van der Waals surface area contributed by atoms with Gasteiger partial charge >= 0.3 is 0 Å². The number of hydrogen-bond acceptors (Lipinski definition) is 4. The van der Waals surface area contributed by atoms with E-state index >= 15 is 0 Å². The quantitative estimate of drug-likeness (QED) is 0.715. The molecule has 0 aliphatic rings. The minimum atomic E-state index is -0.110. The van der Waals surface area contributed by atoms with Crippen molar-refractivity contribution in [2.24, 2.45) is 5.92 Å². The summed E-state index contributed by atoms with van der Waals surface area (Å²) in [6.07, 6.45) is 2.34. The van der Waals surface area contributed by atoms with E-state index in [9.17, 15) is 4.79 Å². The van der Waals surface area contributed by atoms with Crippen molar-refractivity contribution in [3.05, 3.63) is 71.6 Å². The van der Waals surface area contributed by atoms with Crippen molar-refractivity contribution in [1.29, 1.82) is 0 Å². The van der Waals surface area contributed by atoms with E-state index in [0.717, 1.165) is 17.5 Å². The van der Waals surface area contributed by atoms with Crippen LogP contribution in [0.3, 0.4) is 0 Å². The summed E-state index contributed by atoms with van der Waals surface area (Å²) in [6.45, 7) is 6.41. The van der Waals surface area contributed by atoms with E-state index in [4.69, 9.17) is 4.42 Å². The lowest BCUT2D eigenvalue weighted by atomic mass is 10.00. The molecule has 0 aliphatic carbocycles. The van der Waals surface area contributed by atoms with Crippen LogP contribution in [0.4, 0.5) is 0 Å². The number of hydrogen-bond donors (Lipinski definition) is 1. The molecule has 0 saturated heterocycles. The maximum Gasteiger partial charge on any atom is 0.251 e. The standard InChI is InChI=1S/C21H23N3O2/c1-14(2)12-16-4-6-17(7-5-16)15(3)23-20(25)18-8-10-19(11-9-18)21-24-22-13-26-21/h4-11,13-15H,12H2,1-3H3,(H,23,25)/t15-/m0/s1. The van der Waals surface area contributed by atoms with Crippen LogP contribution in [0, 0.1) is 5.92 Å². The summed E-state index contributed by atoms with van der Waals surface area (Å²) in [7, 11) is 0. The molecule has 5 heteroatoms. The van der Waals surface area contributed by atoms with Gasteiger partial charge in [0.2, 0.25) is 12.3 Å². The summed E-state index contributed by atoms with van der Waals surface area (Å²) >= 11 is 0. The van der Waals surface area contributed by atoms with Crippen LogP contribution in [0.2, 0.25) is 0 Å². The Hall–Kier alpha value is -2.95. The highest BCUT2D eigenvalue weighted by Gasteiger charge is 2.12. The lowest BCUT2D eigenvalue weighted by Gasteiger charge is -2.15. The zero-order chi connectivity index (χ0) is 18.5. The third-order valence-electron chi connectivity index (χ3n) is 4.23. The lowest BCUT2D eigenvalue weighted by Crippen LogP contribution is -2.26. The van der Waals surface area contributed by atoms with Gasteiger partial charge < -0.3 is 9.73 Å². The van der Waals surface area contributed by atoms with Crippen molar-refractivity contribution in [3.63, 3.8) is 0 Å². The van der Waals surface area contributed by atoms with Crippen LogP contribution in [-0.4, -0.2) is 16.1 Å². The average molecular weight is 349 g/mol. The number of carbonyl (C=O) groups excluding carboxylic acids is 1. The molecule has 1 N–H and O–H groups in total. The van der Waals surface area contributed by atoms with Gasteiger partial charge in [0.15, 0.2) is 0 Å². The van der Waals surface area contributed by atoms with Gasteiger partial charge in [-0.05, 0) is 54.7 Å². The number of carbonyl (C=O) groups is 1. The SMILES string of the molecule is CC(C)Cc1ccc([C@H](C)NC(=O)c2ccc(-c3nnco3)cc2)cc1. The summed E-state index contributed by atoms with van der Waals surface area (Å²) in [5.74, 6) is 0.959. The molecule has 0 aliphatic heterocycles. The Balaban J connectivity index is 1.63. The molecule has 0 saturated carbocycles. The second-order valence-electron chi connectivity index (χ2n) is 6.86. The lowest BCUT2D eigenvalue weighted by molar-refractivity contribution is 0.0940. The molecular weight excluding hydrogens is 326 g/mol. The molecule has 0 unspecified atom stereocenters. The number of nitrogens with zero attached hydrogens (tertiary/aromatic N) is 2. The second-order valence-corrected chi connectivity index (χ2v) is 6.86. The molecule has 134 valence electrons. The molecule has 1 aromatic heterocycles. The topological polar surface area (TPSA) is 68.0 Å². The zero-order valence-electron chi connectivity index (χ0n) is 15.3. The van der Waals surface area contributed by atoms with E-state index in [1.165, 1.54) is 12.0 Å². The molecule has 26 heavy (non-hydrogen) atoms. The zero-order valence-corrected chi connectivity index (χ0v) is 15.3. The predicted octanol–water partition coefficient (Wildman–Crippen LogP) is 4.43. The van der Waals surface area contributed by atoms with E-state index in [1.807, 2.05) is 6.92 Å². The maximum absolute atomic E-state index is 12.5. The van der Waals surface area contributed by atoms with Gasteiger partial charge in [0.1, 0.15) is 0 Å². The van der Waals surface area contributed by atoms with Gasteiger partial charge in [0.25, 0.3) is 5.91 Å². The van der Waals surface area contributed by atoms with E-state index in [2.05, 4.69) is 53.6 Å².